The Labute approximate surface area is 275 Å². The summed E-state index contributed by atoms with van der Waals surface area (Å²) < 4.78 is 0. The van der Waals surface area contributed by atoms with E-state index < -0.39 is 5.92 Å². The summed E-state index contributed by atoms with van der Waals surface area (Å²) >= 11 is 0. The molecule has 6 N–H and O–H groups in total. The van der Waals surface area contributed by atoms with Crippen LogP contribution in [-0.2, 0) is 27.2 Å². The summed E-state index contributed by atoms with van der Waals surface area (Å²) in [7, 11) is 0. The predicted molar refractivity (Wildman–Crippen MR) is 182 cm³/mol. The van der Waals surface area contributed by atoms with Gasteiger partial charge in [0.1, 0.15) is 11.5 Å². The summed E-state index contributed by atoms with van der Waals surface area (Å²) in [5, 5.41) is 12.1. The van der Waals surface area contributed by atoms with Crippen molar-refractivity contribution < 1.29 is 19.2 Å². The predicted octanol–water partition coefficient (Wildman–Crippen LogP) is 4.17. The second-order valence-electron chi connectivity index (χ2n) is 13.3. The van der Waals surface area contributed by atoms with Gasteiger partial charge in [0.05, 0.1) is 6.42 Å². The van der Waals surface area contributed by atoms with Gasteiger partial charge >= 0.3 is 0 Å². The zero-order valence-corrected chi connectivity index (χ0v) is 26.9. The van der Waals surface area contributed by atoms with Crippen LogP contribution >= 0.6 is 0 Å². The second-order valence-corrected chi connectivity index (χ2v) is 13.3. The van der Waals surface area contributed by atoms with E-state index in [1.807, 2.05) is 43.3 Å². The molecule has 1 aromatic heterocycles. The first-order valence-corrected chi connectivity index (χ1v) is 16.8. The van der Waals surface area contributed by atoms with E-state index in [1.54, 1.807) is 18.2 Å². The molecule has 0 unspecified atom stereocenters. The fourth-order valence-corrected chi connectivity index (χ4v) is 7.06. The van der Waals surface area contributed by atoms with E-state index in [9.17, 15) is 19.2 Å². The number of carbonyl (C=O) groups excluding carboxylic acids is 4. The summed E-state index contributed by atoms with van der Waals surface area (Å²) in [4.78, 5) is 56.3. The van der Waals surface area contributed by atoms with Gasteiger partial charge in [0.25, 0.3) is 5.91 Å². The average Bonchev–Trinajstić information content (AvgIpc) is 3.73. The van der Waals surface area contributed by atoms with Gasteiger partial charge in [-0.25, -0.2) is 4.98 Å². The number of aryl methyl sites for hydroxylation is 1. The van der Waals surface area contributed by atoms with Crippen molar-refractivity contribution in [1.82, 2.24) is 15.6 Å². The number of hydrogen-bond donors (Lipinski definition) is 5. The molecule has 2 fully saturated rings. The lowest BCUT2D eigenvalue weighted by Gasteiger charge is -2.27. The minimum atomic E-state index is -0.556. The number of pyridine rings is 1. The number of amides is 3. The lowest BCUT2D eigenvalue weighted by atomic mass is 9.77. The summed E-state index contributed by atoms with van der Waals surface area (Å²) in [6.45, 7) is 4.22. The number of fused-ring (bicyclic) bond motifs is 1. The Morgan fingerprint density at radius 2 is 1.79 bits per heavy atom. The average molecular weight is 637 g/mol. The van der Waals surface area contributed by atoms with Crippen LogP contribution in [0, 0.1) is 24.7 Å². The molecule has 3 aromatic rings. The molecular weight excluding hydrogens is 592 g/mol. The SMILES string of the molecule is Cc1nc(C(=O)N[C@H]2CCNC2)ccc1-c1ccc(C[C@H](CC(=O)C2CCC(CN)CC2)C(=O)Nc2ccc3c(c2)NC(=O)C3)cc1. The van der Waals surface area contributed by atoms with Crippen LogP contribution in [0.1, 0.15) is 65.8 Å². The summed E-state index contributed by atoms with van der Waals surface area (Å²) in [6.07, 6.45) is 5.35. The van der Waals surface area contributed by atoms with Crippen molar-refractivity contribution in [3.8, 4) is 11.1 Å². The van der Waals surface area contributed by atoms with Crippen LogP contribution in [0.5, 0.6) is 0 Å². The molecule has 6 rings (SSSR count). The Bertz CT molecular complexity index is 1640. The van der Waals surface area contributed by atoms with Gasteiger partial charge in [-0.15, -0.1) is 0 Å². The molecule has 1 saturated heterocycles. The van der Waals surface area contributed by atoms with E-state index in [1.165, 1.54) is 0 Å². The van der Waals surface area contributed by atoms with Crippen LogP contribution in [0.4, 0.5) is 11.4 Å². The molecule has 2 aromatic carbocycles. The number of nitrogens with zero attached hydrogens (tertiary/aromatic N) is 1. The minimum Gasteiger partial charge on any atom is -0.347 e. The number of anilines is 2. The first-order valence-electron chi connectivity index (χ1n) is 16.8. The number of nitrogens with one attached hydrogen (secondary N) is 4. The highest BCUT2D eigenvalue weighted by atomic mass is 16.2. The monoisotopic (exact) mass is 636 g/mol. The zero-order chi connectivity index (χ0) is 32.9. The third-order valence-corrected chi connectivity index (χ3v) is 9.92. The third-order valence-electron chi connectivity index (χ3n) is 9.92. The van der Waals surface area contributed by atoms with E-state index in [0.717, 1.165) is 73.1 Å². The Hall–Kier alpha value is -4.41. The molecule has 3 amide bonds. The maximum atomic E-state index is 13.7. The molecule has 47 heavy (non-hydrogen) atoms. The van der Waals surface area contributed by atoms with Crippen LogP contribution in [0.3, 0.4) is 0 Å². The van der Waals surface area contributed by atoms with Gasteiger partial charge in [-0.3, -0.25) is 19.2 Å². The molecule has 0 radical (unpaired) electrons. The van der Waals surface area contributed by atoms with Gasteiger partial charge in [-0.1, -0.05) is 36.4 Å². The number of rotatable bonds is 11. The van der Waals surface area contributed by atoms with Crippen LogP contribution in [0.15, 0.2) is 54.6 Å². The van der Waals surface area contributed by atoms with Gasteiger partial charge in [0.2, 0.25) is 11.8 Å². The maximum Gasteiger partial charge on any atom is 0.270 e. The van der Waals surface area contributed by atoms with Crippen LogP contribution in [0.25, 0.3) is 11.1 Å². The highest BCUT2D eigenvalue weighted by Gasteiger charge is 2.30. The van der Waals surface area contributed by atoms with E-state index in [4.69, 9.17) is 5.73 Å². The number of nitrogens with two attached hydrogens (primary N) is 1. The highest BCUT2D eigenvalue weighted by Crippen LogP contribution is 2.32. The van der Waals surface area contributed by atoms with E-state index in [-0.39, 0.29) is 41.9 Å². The van der Waals surface area contributed by atoms with Crippen molar-refractivity contribution >= 4 is 34.9 Å². The topological polar surface area (TPSA) is 155 Å². The Kier molecular flexibility index (Phi) is 10.1. The van der Waals surface area contributed by atoms with Gasteiger partial charge in [-0.2, -0.15) is 0 Å². The molecule has 246 valence electrons. The lowest BCUT2D eigenvalue weighted by molar-refractivity contribution is -0.129. The standard InChI is InChI=1S/C37H44N6O4/c1-22-31(12-13-32(40-22)37(47)42-30-14-15-39-21-30)25-6-2-23(3-7-25)16-28(17-34(44)26-8-4-24(20-38)5-9-26)36(46)41-29-11-10-27-18-35(45)43-33(27)19-29/h2-3,6-7,10-13,19,24,26,28,30,39H,4-5,8-9,14-18,20-21,38H2,1H3,(H,41,46)(H,42,47)(H,43,45)/t24?,26?,28-,30+/m1/s1. The van der Waals surface area contributed by atoms with E-state index in [2.05, 4.69) is 26.3 Å². The number of benzene rings is 2. The molecule has 1 saturated carbocycles. The number of Topliss-reactive ketones (excluding diaryl/α,β-unsaturated/α-hetero) is 1. The van der Waals surface area contributed by atoms with Crippen LogP contribution < -0.4 is 27.0 Å². The van der Waals surface area contributed by atoms with Crippen molar-refractivity contribution in [2.24, 2.45) is 23.5 Å². The van der Waals surface area contributed by atoms with Crippen molar-refractivity contribution in [3.05, 3.63) is 77.1 Å². The molecule has 0 bridgehead atoms. The highest BCUT2D eigenvalue weighted by molar-refractivity contribution is 6.01. The molecule has 10 heteroatoms. The molecular formula is C37H44N6O4. The number of hydrogen-bond acceptors (Lipinski definition) is 7. The maximum absolute atomic E-state index is 13.7. The van der Waals surface area contributed by atoms with Gasteiger partial charge in [-0.05, 0) is 99.3 Å². The molecule has 0 spiro atoms. The van der Waals surface area contributed by atoms with E-state index in [0.29, 0.717) is 42.4 Å². The Morgan fingerprint density at radius 1 is 1.00 bits per heavy atom. The minimum absolute atomic E-state index is 0.0407. The number of aromatic nitrogens is 1. The Balaban J connectivity index is 1.15. The smallest absolute Gasteiger partial charge is 0.270 e. The van der Waals surface area contributed by atoms with Gasteiger partial charge < -0.3 is 27.0 Å². The quantitative estimate of drug-likeness (QED) is 0.212. The van der Waals surface area contributed by atoms with Gasteiger partial charge in [0.15, 0.2) is 0 Å². The first-order chi connectivity index (χ1) is 22.7. The number of ketones is 1. The largest absolute Gasteiger partial charge is 0.347 e. The van der Waals surface area contributed by atoms with Crippen molar-refractivity contribution in [2.45, 2.75) is 64.3 Å². The molecule has 2 atom stereocenters. The summed E-state index contributed by atoms with van der Waals surface area (Å²) in [6, 6.07) is 17.2. The lowest BCUT2D eigenvalue weighted by Crippen LogP contribution is -2.36. The number of carbonyl (C=O) groups is 4. The third kappa shape index (κ3) is 7.94. The normalized spacial score (nSPS) is 21.1. The molecule has 10 nitrogen and oxygen atoms in total. The van der Waals surface area contributed by atoms with Crippen LogP contribution in [0.2, 0.25) is 0 Å². The van der Waals surface area contributed by atoms with Crippen molar-refractivity contribution in [3.63, 3.8) is 0 Å². The fraction of sp³-hybridized carbons (Fsp3) is 0.432. The van der Waals surface area contributed by atoms with Crippen molar-refractivity contribution in [1.29, 1.82) is 0 Å². The first kappa shape index (κ1) is 32.5. The second kappa shape index (κ2) is 14.6. The summed E-state index contributed by atoms with van der Waals surface area (Å²) in [5.41, 5.74) is 12.0. The molecule has 3 aliphatic rings. The molecule has 3 heterocycles. The Morgan fingerprint density at radius 3 is 2.49 bits per heavy atom. The molecule has 1 aliphatic carbocycles. The zero-order valence-electron chi connectivity index (χ0n) is 26.9. The molecule has 2 aliphatic heterocycles. The fourth-order valence-electron chi connectivity index (χ4n) is 7.06. The summed E-state index contributed by atoms with van der Waals surface area (Å²) in [5.74, 6) is -0.443. The van der Waals surface area contributed by atoms with Crippen LogP contribution in [-0.4, -0.2) is 54.2 Å². The van der Waals surface area contributed by atoms with Crippen molar-refractivity contribution in [2.75, 3.05) is 30.3 Å². The van der Waals surface area contributed by atoms with E-state index >= 15 is 0 Å². The van der Waals surface area contributed by atoms with Gasteiger partial charge in [0, 0.05) is 53.5 Å².